The number of rotatable bonds is 10. The van der Waals surface area contributed by atoms with E-state index in [0.717, 1.165) is 30.4 Å². The second-order valence-corrected chi connectivity index (χ2v) is 12.7. The van der Waals surface area contributed by atoms with Crippen molar-refractivity contribution in [1.29, 1.82) is 0 Å². The van der Waals surface area contributed by atoms with Crippen LogP contribution in [0.2, 0.25) is 0 Å². The van der Waals surface area contributed by atoms with Gasteiger partial charge in [-0.2, -0.15) is 0 Å². The monoisotopic (exact) mass is 622 g/mol. The van der Waals surface area contributed by atoms with Crippen LogP contribution in [-0.2, 0) is 20.9 Å². The van der Waals surface area contributed by atoms with E-state index in [-0.39, 0.29) is 41.6 Å². The Morgan fingerprint density at radius 1 is 0.804 bits per heavy atom. The molecule has 0 bridgehead atoms. The van der Waals surface area contributed by atoms with Gasteiger partial charge in [0.25, 0.3) is 11.8 Å². The number of carbonyl (C=O) groups excluding carboxylic acids is 4. The molecule has 4 fully saturated rings. The lowest BCUT2D eigenvalue weighted by Gasteiger charge is -2.20. The highest BCUT2D eigenvalue weighted by atomic mass is 16.5. The predicted octanol–water partition coefficient (Wildman–Crippen LogP) is 4.01. The first-order chi connectivity index (χ1) is 22.4. The highest BCUT2D eigenvalue weighted by molar-refractivity contribution is 5.96. The maximum absolute atomic E-state index is 13.4. The van der Waals surface area contributed by atoms with Crippen LogP contribution in [0.1, 0.15) is 69.9 Å². The van der Waals surface area contributed by atoms with Gasteiger partial charge in [0.15, 0.2) is 0 Å². The molecule has 3 heterocycles. The quantitative estimate of drug-likeness (QED) is 0.353. The molecule has 1 saturated carbocycles. The van der Waals surface area contributed by atoms with Crippen molar-refractivity contribution in [2.45, 2.75) is 62.7 Å². The summed E-state index contributed by atoms with van der Waals surface area (Å²) in [5.74, 6) is 0.758. The number of hydrogen-bond donors (Lipinski definition) is 2. The van der Waals surface area contributed by atoms with Gasteiger partial charge in [-0.3, -0.25) is 19.2 Å². The van der Waals surface area contributed by atoms with Crippen LogP contribution in [0.15, 0.2) is 72.8 Å². The molecule has 4 aliphatic rings. The fraction of sp³-hybridized carbons (Fsp3) is 0.389. The van der Waals surface area contributed by atoms with Gasteiger partial charge in [-0.05, 0) is 61.2 Å². The van der Waals surface area contributed by atoms with E-state index in [1.54, 1.807) is 36.4 Å². The van der Waals surface area contributed by atoms with Gasteiger partial charge in [0.2, 0.25) is 11.8 Å². The minimum Gasteiger partial charge on any atom is -0.457 e. The van der Waals surface area contributed by atoms with E-state index in [1.165, 1.54) is 0 Å². The minimum absolute atomic E-state index is 0.00814. The summed E-state index contributed by atoms with van der Waals surface area (Å²) in [5, 5.41) is 6.01. The first kappa shape index (κ1) is 30.0. The van der Waals surface area contributed by atoms with E-state index in [1.807, 2.05) is 34.1 Å². The second-order valence-electron chi connectivity index (χ2n) is 12.7. The second kappa shape index (κ2) is 13.0. The maximum atomic E-state index is 13.4. The van der Waals surface area contributed by atoms with Gasteiger partial charge in [0.05, 0.1) is 18.7 Å². The molecule has 1 aliphatic carbocycles. The molecule has 3 aliphatic heterocycles. The topological polar surface area (TPSA) is 117 Å². The van der Waals surface area contributed by atoms with E-state index < -0.39 is 0 Å². The molecule has 0 spiro atoms. The Kier molecular flexibility index (Phi) is 8.45. The largest absolute Gasteiger partial charge is 0.457 e. The average molecular weight is 623 g/mol. The molecule has 3 atom stereocenters. The number of hydrogen-bond acceptors (Lipinski definition) is 6. The number of nitrogens with one attached hydrogen (secondary N) is 2. The Morgan fingerprint density at radius 3 is 2.28 bits per heavy atom. The van der Waals surface area contributed by atoms with Crippen molar-refractivity contribution in [3.05, 3.63) is 95.1 Å². The molecule has 0 aromatic heterocycles. The smallest absolute Gasteiger partial charge is 0.251 e. The summed E-state index contributed by atoms with van der Waals surface area (Å²) >= 11 is 0. The average Bonchev–Trinajstić information content (AvgIpc) is 3.46. The molecule has 10 heteroatoms. The summed E-state index contributed by atoms with van der Waals surface area (Å²) < 4.78 is 11.7. The number of nitrogens with zero attached hydrogens (tertiary/aromatic N) is 2. The summed E-state index contributed by atoms with van der Waals surface area (Å²) in [6, 6.07) is 22.2. The van der Waals surface area contributed by atoms with Crippen molar-refractivity contribution in [3.8, 4) is 11.5 Å². The normalized spacial score (nSPS) is 22.7. The molecule has 3 saturated heterocycles. The molecule has 3 aromatic carbocycles. The van der Waals surface area contributed by atoms with E-state index in [2.05, 4.69) is 22.8 Å². The Morgan fingerprint density at radius 2 is 1.54 bits per heavy atom. The number of amides is 4. The van der Waals surface area contributed by atoms with Gasteiger partial charge in [-0.25, -0.2) is 0 Å². The number of carbonyl (C=O) groups is 4. The van der Waals surface area contributed by atoms with E-state index >= 15 is 0 Å². The molecule has 7 rings (SSSR count). The molecule has 0 unspecified atom stereocenters. The third-order valence-corrected chi connectivity index (χ3v) is 9.27. The number of likely N-dealkylation sites (tertiary alicyclic amines) is 2. The maximum Gasteiger partial charge on any atom is 0.251 e. The van der Waals surface area contributed by atoms with Crippen LogP contribution in [-0.4, -0.2) is 77.9 Å². The number of ether oxygens (including phenoxy) is 2. The van der Waals surface area contributed by atoms with E-state index in [4.69, 9.17) is 9.47 Å². The van der Waals surface area contributed by atoms with Gasteiger partial charge in [0, 0.05) is 67.7 Å². The van der Waals surface area contributed by atoms with Crippen LogP contribution in [0.5, 0.6) is 11.5 Å². The van der Waals surface area contributed by atoms with Crippen LogP contribution >= 0.6 is 0 Å². The first-order valence-corrected chi connectivity index (χ1v) is 16.1. The van der Waals surface area contributed by atoms with Crippen molar-refractivity contribution in [1.82, 2.24) is 20.4 Å². The molecular formula is C36H38N4O6. The van der Waals surface area contributed by atoms with E-state index in [9.17, 15) is 19.2 Å². The highest BCUT2D eigenvalue weighted by Crippen LogP contribution is 2.34. The molecule has 238 valence electrons. The first-order valence-electron chi connectivity index (χ1n) is 16.1. The SMILES string of the molecule is O=C(N[C@H]1CCOC1)c1ccc(Oc2cc(C(=O)N[C@H]3CC(=O)N(C4CC4)C3)ccc2CN2C[C@H](c3ccccc3)CC2=O)cc1. The summed E-state index contributed by atoms with van der Waals surface area (Å²) in [6.07, 6.45) is 3.59. The van der Waals surface area contributed by atoms with Crippen LogP contribution in [0.3, 0.4) is 0 Å². The molecule has 3 aromatic rings. The van der Waals surface area contributed by atoms with Crippen molar-refractivity contribution in [2.24, 2.45) is 0 Å². The van der Waals surface area contributed by atoms with Gasteiger partial charge >= 0.3 is 0 Å². The standard InChI is InChI=1S/C36H38N4O6/c41-33-17-27(23-4-2-1-3-5-23)20-39(33)19-26-7-6-25(36(44)38-29-18-34(42)40(21-29)30-10-11-30)16-32(26)46-31-12-8-24(9-13-31)35(43)37-28-14-15-45-22-28/h1-9,12-13,16,27-30H,10-11,14-15,17-22H2,(H,37,43)(H,38,44)/t27-,28+,29+/m1/s1. The Hall–Kier alpha value is -4.70. The zero-order valence-electron chi connectivity index (χ0n) is 25.7. The molecule has 4 amide bonds. The van der Waals surface area contributed by atoms with Crippen LogP contribution < -0.4 is 15.4 Å². The van der Waals surface area contributed by atoms with E-state index in [0.29, 0.717) is 74.4 Å². The fourth-order valence-corrected chi connectivity index (χ4v) is 6.56. The Bertz CT molecular complexity index is 1620. The third-order valence-electron chi connectivity index (χ3n) is 9.27. The summed E-state index contributed by atoms with van der Waals surface area (Å²) in [6.45, 7) is 2.61. The Labute approximate surface area is 268 Å². The van der Waals surface area contributed by atoms with Crippen molar-refractivity contribution in [3.63, 3.8) is 0 Å². The molecule has 46 heavy (non-hydrogen) atoms. The lowest BCUT2D eigenvalue weighted by atomic mass is 9.98. The summed E-state index contributed by atoms with van der Waals surface area (Å²) in [4.78, 5) is 55.3. The molecule has 10 nitrogen and oxygen atoms in total. The molecular weight excluding hydrogens is 584 g/mol. The summed E-state index contributed by atoms with van der Waals surface area (Å²) in [5.41, 5.74) is 2.81. The van der Waals surface area contributed by atoms with Crippen molar-refractivity contribution >= 4 is 23.6 Å². The van der Waals surface area contributed by atoms with Gasteiger partial charge in [-0.1, -0.05) is 36.4 Å². The highest BCUT2D eigenvalue weighted by Gasteiger charge is 2.40. The zero-order valence-corrected chi connectivity index (χ0v) is 25.7. The predicted molar refractivity (Wildman–Crippen MR) is 169 cm³/mol. The van der Waals surface area contributed by atoms with Crippen molar-refractivity contribution in [2.75, 3.05) is 26.3 Å². The van der Waals surface area contributed by atoms with Crippen LogP contribution in [0.4, 0.5) is 0 Å². The van der Waals surface area contributed by atoms with Gasteiger partial charge < -0.3 is 29.9 Å². The zero-order chi connectivity index (χ0) is 31.6. The van der Waals surface area contributed by atoms with Crippen LogP contribution in [0.25, 0.3) is 0 Å². The minimum atomic E-state index is -0.281. The molecule has 0 radical (unpaired) electrons. The van der Waals surface area contributed by atoms with Gasteiger partial charge in [-0.15, -0.1) is 0 Å². The Balaban J connectivity index is 1.08. The lowest BCUT2D eigenvalue weighted by Crippen LogP contribution is -2.37. The summed E-state index contributed by atoms with van der Waals surface area (Å²) in [7, 11) is 0. The van der Waals surface area contributed by atoms with Gasteiger partial charge in [0.1, 0.15) is 11.5 Å². The fourth-order valence-electron chi connectivity index (χ4n) is 6.56. The molecule has 2 N–H and O–H groups in total. The lowest BCUT2D eigenvalue weighted by molar-refractivity contribution is -0.129. The van der Waals surface area contributed by atoms with Crippen LogP contribution in [0, 0.1) is 0 Å². The van der Waals surface area contributed by atoms with Crippen molar-refractivity contribution < 1.29 is 28.7 Å². The number of benzene rings is 3. The third kappa shape index (κ3) is 6.77.